The molecular formula is C23H26N6O5S. The first-order valence-corrected chi connectivity index (χ1v) is 12.3. The van der Waals surface area contributed by atoms with E-state index in [2.05, 4.69) is 20.6 Å². The number of anilines is 2. The van der Waals surface area contributed by atoms with Crippen molar-refractivity contribution in [3.8, 4) is 11.5 Å². The highest BCUT2D eigenvalue weighted by Crippen LogP contribution is 2.34. The summed E-state index contributed by atoms with van der Waals surface area (Å²) < 4.78 is 12.2. The highest BCUT2D eigenvalue weighted by molar-refractivity contribution is 7.22. The molecule has 4 heterocycles. The summed E-state index contributed by atoms with van der Waals surface area (Å²) in [7, 11) is 0. The molecule has 1 fully saturated rings. The number of carbonyl (C=O) groups is 2. The van der Waals surface area contributed by atoms with Gasteiger partial charge in [0, 0.05) is 30.9 Å². The second-order valence-electron chi connectivity index (χ2n) is 8.89. The van der Waals surface area contributed by atoms with Gasteiger partial charge in [0.25, 0.3) is 5.56 Å². The zero-order valence-corrected chi connectivity index (χ0v) is 20.3. The van der Waals surface area contributed by atoms with E-state index in [0.717, 1.165) is 19.4 Å². The summed E-state index contributed by atoms with van der Waals surface area (Å²) in [5, 5.41) is 6.40. The molecule has 2 aliphatic heterocycles. The lowest BCUT2D eigenvalue weighted by molar-refractivity contribution is -0.125. The quantitative estimate of drug-likeness (QED) is 0.528. The third-order valence-electron chi connectivity index (χ3n) is 5.84. The monoisotopic (exact) mass is 498 g/mol. The molecule has 0 radical (unpaired) electrons. The number of fused-ring (bicyclic) bond motifs is 2. The van der Waals surface area contributed by atoms with Crippen LogP contribution in [0.25, 0.3) is 10.3 Å². The van der Waals surface area contributed by atoms with Gasteiger partial charge in [-0.1, -0.05) is 11.3 Å². The summed E-state index contributed by atoms with van der Waals surface area (Å²) in [4.78, 5) is 49.0. The van der Waals surface area contributed by atoms with Crippen molar-refractivity contribution < 1.29 is 19.1 Å². The van der Waals surface area contributed by atoms with Gasteiger partial charge >= 0.3 is 0 Å². The van der Waals surface area contributed by atoms with Gasteiger partial charge in [-0.15, -0.1) is 0 Å². The Morgan fingerprint density at radius 2 is 2.09 bits per heavy atom. The molecule has 2 N–H and O–H groups in total. The molecule has 0 aliphatic carbocycles. The summed E-state index contributed by atoms with van der Waals surface area (Å²) in [6.45, 7) is 5.15. The van der Waals surface area contributed by atoms with Crippen LogP contribution in [0.3, 0.4) is 0 Å². The van der Waals surface area contributed by atoms with Crippen molar-refractivity contribution in [1.82, 2.24) is 19.9 Å². The van der Waals surface area contributed by atoms with Crippen LogP contribution in [0.15, 0.2) is 29.3 Å². The Morgan fingerprint density at radius 3 is 2.91 bits per heavy atom. The van der Waals surface area contributed by atoms with Gasteiger partial charge in [0.05, 0.1) is 5.92 Å². The van der Waals surface area contributed by atoms with Crippen LogP contribution in [0.1, 0.15) is 26.7 Å². The highest BCUT2D eigenvalue weighted by atomic mass is 32.1. The average molecular weight is 499 g/mol. The third-order valence-corrected chi connectivity index (χ3v) is 6.93. The van der Waals surface area contributed by atoms with Gasteiger partial charge < -0.3 is 25.0 Å². The maximum Gasteiger partial charge on any atom is 0.273 e. The van der Waals surface area contributed by atoms with Crippen LogP contribution in [-0.2, 0) is 16.1 Å². The van der Waals surface area contributed by atoms with Crippen LogP contribution in [-0.4, -0.2) is 52.3 Å². The zero-order valence-electron chi connectivity index (χ0n) is 19.4. The van der Waals surface area contributed by atoms with Crippen molar-refractivity contribution in [2.24, 2.45) is 5.92 Å². The fraction of sp³-hybridized carbons (Fsp3) is 0.435. The minimum atomic E-state index is -0.369. The zero-order chi connectivity index (χ0) is 24.5. The highest BCUT2D eigenvalue weighted by Gasteiger charge is 2.28. The SMILES string of the molecule is CC(C)NC(=O)C1CCCN(c2nc3ncn(CC(=O)Nc4ccc5c(c4)OCO5)c(=O)c3s2)C1. The van der Waals surface area contributed by atoms with Gasteiger partial charge in [0.15, 0.2) is 22.3 Å². The van der Waals surface area contributed by atoms with E-state index in [4.69, 9.17) is 9.47 Å². The van der Waals surface area contributed by atoms with Crippen molar-refractivity contribution in [3.05, 3.63) is 34.9 Å². The summed E-state index contributed by atoms with van der Waals surface area (Å²) in [6, 6.07) is 5.19. The third kappa shape index (κ3) is 4.92. The summed E-state index contributed by atoms with van der Waals surface area (Å²) in [6.07, 6.45) is 3.02. The first kappa shape index (κ1) is 23.1. The van der Waals surface area contributed by atoms with E-state index in [1.807, 2.05) is 18.7 Å². The second kappa shape index (κ2) is 9.53. The fourth-order valence-electron chi connectivity index (χ4n) is 4.18. The molecule has 0 bridgehead atoms. The number of ether oxygens (including phenoxy) is 2. The predicted octanol–water partition coefficient (Wildman–Crippen LogP) is 1.96. The number of amides is 2. The van der Waals surface area contributed by atoms with E-state index in [9.17, 15) is 14.4 Å². The standard InChI is InChI=1S/C23H26N6O5S/c1-13(2)25-21(31)14-4-3-7-28(9-14)23-27-20-19(35-23)22(32)29(11-24-20)10-18(30)26-15-5-6-16-17(8-15)34-12-33-16/h5-6,8,11,13-14H,3-4,7,9-10,12H2,1-2H3,(H,25,31)(H,26,30). The number of thiazole rings is 1. The molecule has 3 aromatic rings. The van der Waals surface area contributed by atoms with Crippen LogP contribution in [0, 0.1) is 5.92 Å². The smallest absolute Gasteiger partial charge is 0.273 e. The van der Waals surface area contributed by atoms with Crippen molar-refractivity contribution in [1.29, 1.82) is 0 Å². The largest absolute Gasteiger partial charge is 0.454 e. The number of aromatic nitrogens is 3. The Morgan fingerprint density at radius 1 is 1.26 bits per heavy atom. The second-order valence-corrected chi connectivity index (χ2v) is 9.87. The lowest BCUT2D eigenvalue weighted by Gasteiger charge is -2.32. The number of carbonyl (C=O) groups excluding carboxylic acids is 2. The number of rotatable bonds is 6. The fourth-order valence-corrected chi connectivity index (χ4v) is 5.18. The summed E-state index contributed by atoms with van der Waals surface area (Å²) in [5.74, 6) is 0.728. The minimum Gasteiger partial charge on any atom is -0.454 e. The molecule has 11 nitrogen and oxygen atoms in total. The van der Waals surface area contributed by atoms with E-state index < -0.39 is 0 Å². The van der Waals surface area contributed by atoms with Gasteiger partial charge in [-0.25, -0.2) is 4.98 Å². The number of nitrogens with zero attached hydrogens (tertiary/aromatic N) is 4. The number of hydrogen-bond acceptors (Lipinski definition) is 9. The Balaban J connectivity index is 1.29. The number of benzene rings is 1. The number of hydrogen-bond donors (Lipinski definition) is 2. The molecule has 1 atom stereocenters. The van der Waals surface area contributed by atoms with E-state index >= 15 is 0 Å². The molecule has 0 spiro atoms. The Labute approximate surface area is 205 Å². The molecule has 2 aromatic heterocycles. The molecule has 1 unspecified atom stereocenters. The van der Waals surface area contributed by atoms with Crippen LogP contribution < -0.4 is 30.6 Å². The number of nitrogens with one attached hydrogen (secondary N) is 2. The predicted molar refractivity (Wildman–Crippen MR) is 131 cm³/mol. The van der Waals surface area contributed by atoms with Crippen LogP contribution in [0.2, 0.25) is 0 Å². The average Bonchev–Trinajstić information content (AvgIpc) is 3.48. The van der Waals surface area contributed by atoms with E-state index in [1.54, 1.807) is 18.2 Å². The van der Waals surface area contributed by atoms with Crippen LogP contribution in [0.4, 0.5) is 10.8 Å². The first-order chi connectivity index (χ1) is 16.9. The molecule has 1 saturated heterocycles. The lowest BCUT2D eigenvalue weighted by Crippen LogP contribution is -2.44. The Bertz CT molecular complexity index is 1340. The molecular weight excluding hydrogens is 472 g/mol. The topological polar surface area (TPSA) is 128 Å². The van der Waals surface area contributed by atoms with Gasteiger partial charge in [0.1, 0.15) is 17.6 Å². The molecule has 5 rings (SSSR count). The Hall–Kier alpha value is -3.67. The van der Waals surface area contributed by atoms with Crippen molar-refractivity contribution in [2.75, 3.05) is 30.1 Å². The lowest BCUT2D eigenvalue weighted by atomic mass is 9.97. The Kier molecular flexibility index (Phi) is 6.29. The normalized spacial score (nSPS) is 17.1. The molecule has 184 valence electrons. The maximum atomic E-state index is 13.1. The van der Waals surface area contributed by atoms with Crippen molar-refractivity contribution in [3.63, 3.8) is 0 Å². The molecule has 35 heavy (non-hydrogen) atoms. The molecule has 1 aromatic carbocycles. The van der Waals surface area contributed by atoms with Gasteiger partial charge in [-0.3, -0.25) is 19.0 Å². The summed E-state index contributed by atoms with van der Waals surface area (Å²) >= 11 is 1.24. The molecule has 0 saturated carbocycles. The first-order valence-electron chi connectivity index (χ1n) is 11.5. The van der Waals surface area contributed by atoms with E-state index in [1.165, 1.54) is 22.2 Å². The van der Waals surface area contributed by atoms with Crippen LogP contribution in [0.5, 0.6) is 11.5 Å². The minimum absolute atomic E-state index is 0.0414. The number of piperidine rings is 1. The van der Waals surface area contributed by atoms with Crippen molar-refractivity contribution in [2.45, 2.75) is 39.3 Å². The molecule has 2 amide bonds. The summed E-state index contributed by atoms with van der Waals surface area (Å²) in [5.41, 5.74) is 0.560. The van der Waals surface area contributed by atoms with Crippen LogP contribution >= 0.6 is 11.3 Å². The van der Waals surface area contributed by atoms with E-state index in [-0.39, 0.29) is 42.7 Å². The molecule has 2 aliphatic rings. The van der Waals surface area contributed by atoms with Gasteiger partial charge in [0.2, 0.25) is 18.6 Å². The van der Waals surface area contributed by atoms with Gasteiger partial charge in [-0.2, -0.15) is 4.98 Å². The van der Waals surface area contributed by atoms with E-state index in [0.29, 0.717) is 39.2 Å². The molecule has 12 heteroatoms. The van der Waals surface area contributed by atoms with Gasteiger partial charge in [-0.05, 0) is 38.8 Å². The maximum absolute atomic E-state index is 13.1. The van der Waals surface area contributed by atoms with Crippen molar-refractivity contribution >= 4 is 44.3 Å².